The molecule has 1 atom stereocenters. The van der Waals surface area contributed by atoms with Crippen LogP contribution in [-0.4, -0.2) is 36.1 Å². The maximum absolute atomic E-state index is 13.8. The molecular formula is C30H33BrN2O4. The molecule has 0 fully saturated rings. The molecule has 6 nitrogen and oxygen atoms in total. The highest BCUT2D eigenvalue weighted by molar-refractivity contribution is 9.10. The summed E-state index contributed by atoms with van der Waals surface area (Å²) in [5, 5.41) is 3.06. The van der Waals surface area contributed by atoms with Gasteiger partial charge in [-0.1, -0.05) is 78.3 Å². The molecule has 0 aromatic heterocycles. The third-order valence-electron chi connectivity index (χ3n) is 6.29. The molecule has 7 heteroatoms. The Kier molecular flexibility index (Phi) is 9.23. The molecule has 1 aliphatic heterocycles. The molecule has 0 bridgehead atoms. The van der Waals surface area contributed by atoms with E-state index < -0.39 is 6.04 Å². The van der Waals surface area contributed by atoms with Gasteiger partial charge < -0.3 is 19.7 Å². The lowest BCUT2D eigenvalue weighted by Gasteiger charge is -2.32. The molecule has 37 heavy (non-hydrogen) atoms. The molecule has 0 aliphatic carbocycles. The number of aryl methyl sites for hydroxylation is 1. The number of carbonyl (C=O) groups excluding carboxylic acids is 2. The summed E-state index contributed by atoms with van der Waals surface area (Å²) in [6.45, 7) is 5.23. The molecule has 1 N–H and O–H groups in total. The maximum Gasteiger partial charge on any atom is 0.243 e. The second kappa shape index (κ2) is 12.8. The Bertz CT molecular complexity index is 1200. The van der Waals surface area contributed by atoms with Crippen LogP contribution >= 0.6 is 15.9 Å². The summed E-state index contributed by atoms with van der Waals surface area (Å²) in [7, 11) is 0. The highest BCUT2D eigenvalue weighted by Gasteiger charge is 2.30. The van der Waals surface area contributed by atoms with Crippen molar-refractivity contribution >= 4 is 27.7 Å². The third-order valence-corrected chi connectivity index (χ3v) is 6.81. The number of rotatable bonds is 11. The molecule has 4 rings (SSSR count). The zero-order chi connectivity index (χ0) is 26.2. The van der Waals surface area contributed by atoms with Crippen LogP contribution in [0.1, 0.15) is 37.0 Å². The first kappa shape index (κ1) is 26.7. The number of ether oxygens (including phenoxy) is 2. The quantitative estimate of drug-likeness (QED) is 0.333. The van der Waals surface area contributed by atoms with E-state index in [1.54, 1.807) is 4.90 Å². The fourth-order valence-electron chi connectivity index (χ4n) is 4.25. The fraction of sp³-hybridized carbons (Fsp3) is 0.333. The lowest BCUT2D eigenvalue weighted by Crippen LogP contribution is -2.51. The van der Waals surface area contributed by atoms with Crippen molar-refractivity contribution in [2.45, 2.75) is 45.7 Å². The first-order chi connectivity index (χ1) is 17.9. The van der Waals surface area contributed by atoms with Crippen LogP contribution in [0.3, 0.4) is 0 Å². The number of nitrogens with zero attached hydrogens (tertiary/aromatic N) is 1. The molecule has 1 aliphatic rings. The highest BCUT2D eigenvalue weighted by atomic mass is 79.9. The Morgan fingerprint density at radius 3 is 2.35 bits per heavy atom. The van der Waals surface area contributed by atoms with E-state index in [0.29, 0.717) is 37.6 Å². The average molecular weight is 566 g/mol. The van der Waals surface area contributed by atoms with Crippen molar-refractivity contribution in [3.05, 3.63) is 94.0 Å². The van der Waals surface area contributed by atoms with Crippen LogP contribution in [0.15, 0.2) is 77.3 Å². The number of amides is 2. The molecular weight excluding hydrogens is 532 g/mol. The first-order valence-corrected chi connectivity index (χ1v) is 13.4. The minimum Gasteiger partial charge on any atom is -0.454 e. The number of halogens is 1. The zero-order valence-electron chi connectivity index (χ0n) is 21.3. The average Bonchev–Trinajstić information content (AvgIpc) is 3.37. The molecule has 2 amide bonds. The van der Waals surface area contributed by atoms with E-state index in [4.69, 9.17) is 9.47 Å². The van der Waals surface area contributed by atoms with Crippen LogP contribution in [0, 0.1) is 5.92 Å². The first-order valence-electron chi connectivity index (χ1n) is 12.6. The largest absolute Gasteiger partial charge is 0.454 e. The summed E-state index contributed by atoms with van der Waals surface area (Å²) in [4.78, 5) is 29.0. The molecule has 0 spiro atoms. The van der Waals surface area contributed by atoms with Crippen LogP contribution in [0.2, 0.25) is 0 Å². The molecule has 1 heterocycles. The van der Waals surface area contributed by atoms with Crippen molar-refractivity contribution in [2.75, 3.05) is 13.3 Å². The molecule has 0 saturated carbocycles. The number of hydrogen-bond acceptors (Lipinski definition) is 4. The topological polar surface area (TPSA) is 67.9 Å². The van der Waals surface area contributed by atoms with Crippen molar-refractivity contribution in [1.82, 2.24) is 10.2 Å². The van der Waals surface area contributed by atoms with Gasteiger partial charge in [0.1, 0.15) is 6.04 Å². The van der Waals surface area contributed by atoms with Gasteiger partial charge in [-0.2, -0.15) is 0 Å². The van der Waals surface area contributed by atoms with Gasteiger partial charge in [0, 0.05) is 30.4 Å². The molecule has 0 radical (unpaired) electrons. The number of carbonyl (C=O) groups is 2. The lowest BCUT2D eigenvalue weighted by atomic mass is 10.0. The summed E-state index contributed by atoms with van der Waals surface area (Å²) >= 11 is 3.48. The van der Waals surface area contributed by atoms with Gasteiger partial charge in [-0.15, -0.1) is 0 Å². The summed E-state index contributed by atoms with van der Waals surface area (Å²) in [5.74, 6) is 1.53. The van der Waals surface area contributed by atoms with E-state index in [1.807, 2.05) is 72.8 Å². The predicted molar refractivity (Wildman–Crippen MR) is 147 cm³/mol. The van der Waals surface area contributed by atoms with Gasteiger partial charge in [0.2, 0.25) is 18.6 Å². The second-order valence-electron chi connectivity index (χ2n) is 9.68. The minimum atomic E-state index is -0.631. The van der Waals surface area contributed by atoms with Crippen molar-refractivity contribution < 1.29 is 19.1 Å². The van der Waals surface area contributed by atoms with Gasteiger partial charge in [0.25, 0.3) is 0 Å². The minimum absolute atomic E-state index is 0.0683. The SMILES string of the molecule is CC(C)CNC(=O)C(Cc1ccccc1)N(Cc1ccc(Br)cc1)C(=O)CCc1ccc2c(c1)OCO2. The molecule has 3 aromatic rings. The van der Waals surface area contributed by atoms with E-state index in [2.05, 4.69) is 35.1 Å². The number of hydrogen-bond donors (Lipinski definition) is 1. The van der Waals surface area contributed by atoms with E-state index >= 15 is 0 Å². The molecule has 1 unspecified atom stereocenters. The monoisotopic (exact) mass is 564 g/mol. The van der Waals surface area contributed by atoms with Gasteiger partial charge >= 0.3 is 0 Å². The fourth-order valence-corrected chi connectivity index (χ4v) is 4.52. The molecule has 194 valence electrons. The van der Waals surface area contributed by atoms with Crippen molar-refractivity contribution in [1.29, 1.82) is 0 Å². The summed E-state index contributed by atoms with van der Waals surface area (Å²) in [6.07, 6.45) is 1.26. The number of benzene rings is 3. The standard InChI is InChI=1S/C30H33BrN2O4/c1-21(2)18-32-30(35)26(16-22-6-4-3-5-7-22)33(19-24-8-12-25(31)13-9-24)29(34)15-11-23-10-14-27-28(17-23)37-20-36-27/h3-10,12-14,17,21,26H,11,15-16,18-20H2,1-2H3,(H,32,35). The van der Waals surface area contributed by atoms with E-state index in [-0.39, 0.29) is 25.0 Å². The van der Waals surface area contributed by atoms with Gasteiger partial charge in [-0.25, -0.2) is 0 Å². The Balaban J connectivity index is 1.58. The molecule has 0 saturated heterocycles. The van der Waals surface area contributed by atoms with Gasteiger partial charge in [0.15, 0.2) is 11.5 Å². The lowest BCUT2D eigenvalue weighted by molar-refractivity contribution is -0.141. The normalized spacial score (nSPS) is 12.9. The maximum atomic E-state index is 13.8. The van der Waals surface area contributed by atoms with Gasteiger partial charge in [0.05, 0.1) is 0 Å². The van der Waals surface area contributed by atoms with E-state index in [1.165, 1.54) is 0 Å². The van der Waals surface area contributed by atoms with Crippen molar-refractivity contribution in [2.24, 2.45) is 5.92 Å². The van der Waals surface area contributed by atoms with Crippen LogP contribution in [0.5, 0.6) is 11.5 Å². The Hall–Kier alpha value is -3.32. The third kappa shape index (κ3) is 7.59. The van der Waals surface area contributed by atoms with Crippen LogP contribution in [0.25, 0.3) is 0 Å². The number of nitrogens with one attached hydrogen (secondary N) is 1. The summed E-state index contributed by atoms with van der Waals surface area (Å²) in [5.41, 5.74) is 2.97. The smallest absolute Gasteiger partial charge is 0.243 e. The van der Waals surface area contributed by atoms with Crippen LogP contribution in [-0.2, 0) is 29.0 Å². The van der Waals surface area contributed by atoms with Crippen molar-refractivity contribution in [3.8, 4) is 11.5 Å². The van der Waals surface area contributed by atoms with Gasteiger partial charge in [-0.3, -0.25) is 9.59 Å². The Morgan fingerprint density at radius 1 is 0.919 bits per heavy atom. The zero-order valence-corrected chi connectivity index (χ0v) is 22.9. The Labute approximate surface area is 227 Å². The summed E-state index contributed by atoms with van der Waals surface area (Å²) < 4.78 is 11.9. The molecule has 3 aromatic carbocycles. The van der Waals surface area contributed by atoms with Gasteiger partial charge in [-0.05, 0) is 53.3 Å². The van der Waals surface area contributed by atoms with Crippen LogP contribution in [0.4, 0.5) is 0 Å². The van der Waals surface area contributed by atoms with E-state index in [9.17, 15) is 9.59 Å². The van der Waals surface area contributed by atoms with Crippen LogP contribution < -0.4 is 14.8 Å². The highest BCUT2D eigenvalue weighted by Crippen LogP contribution is 2.33. The van der Waals surface area contributed by atoms with Crippen molar-refractivity contribution in [3.63, 3.8) is 0 Å². The van der Waals surface area contributed by atoms with E-state index in [0.717, 1.165) is 26.9 Å². The summed E-state index contributed by atoms with van der Waals surface area (Å²) in [6, 6.07) is 22.9. The Morgan fingerprint density at radius 2 is 1.62 bits per heavy atom. The second-order valence-corrected chi connectivity index (χ2v) is 10.6. The predicted octanol–water partition coefficient (Wildman–Crippen LogP) is 5.52. The number of fused-ring (bicyclic) bond motifs is 1.